The SMILES string of the molecule is [2H]C([2H])([2H])c1ccc2c(cnn2C2CCCCO2)c1B1OC(C)(C)C(C)(C)O1. The van der Waals surface area contributed by atoms with Crippen LogP contribution in [-0.4, -0.2) is 34.7 Å². The Labute approximate surface area is 154 Å². The van der Waals surface area contributed by atoms with Gasteiger partial charge in [-0.25, -0.2) is 4.68 Å². The van der Waals surface area contributed by atoms with Crippen molar-refractivity contribution in [2.75, 3.05) is 6.61 Å². The van der Waals surface area contributed by atoms with Crippen LogP contribution >= 0.6 is 0 Å². The first-order valence-corrected chi connectivity index (χ1v) is 8.99. The third-order valence-electron chi connectivity index (χ3n) is 5.74. The van der Waals surface area contributed by atoms with Gasteiger partial charge in [0.2, 0.25) is 0 Å². The van der Waals surface area contributed by atoms with Gasteiger partial charge in [-0.05, 0) is 65.3 Å². The second kappa shape index (κ2) is 5.83. The van der Waals surface area contributed by atoms with Crippen molar-refractivity contribution in [3.05, 3.63) is 23.9 Å². The summed E-state index contributed by atoms with van der Waals surface area (Å²) in [5.74, 6) is 0. The predicted molar refractivity (Wildman–Crippen MR) is 99.0 cm³/mol. The number of rotatable bonds is 2. The van der Waals surface area contributed by atoms with E-state index >= 15 is 0 Å². The van der Waals surface area contributed by atoms with Crippen LogP contribution in [0.4, 0.5) is 0 Å². The minimum absolute atomic E-state index is 0.129. The Balaban J connectivity index is 1.86. The molecule has 1 unspecified atom stereocenters. The van der Waals surface area contributed by atoms with Crippen LogP contribution in [-0.2, 0) is 14.0 Å². The van der Waals surface area contributed by atoms with Gasteiger partial charge in [-0.15, -0.1) is 0 Å². The number of fused-ring (bicyclic) bond motifs is 1. The van der Waals surface area contributed by atoms with Gasteiger partial charge in [0.25, 0.3) is 0 Å². The maximum atomic E-state index is 8.02. The van der Waals surface area contributed by atoms with E-state index in [-0.39, 0.29) is 11.8 Å². The fourth-order valence-corrected chi connectivity index (χ4v) is 3.50. The molecule has 1 aromatic carbocycles. The molecule has 134 valence electrons. The molecule has 1 aromatic heterocycles. The molecule has 0 radical (unpaired) electrons. The molecule has 0 amide bonds. The van der Waals surface area contributed by atoms with E-state index in [9.17, 15) is 0 Å². The van der Waals surface area contributed by atoms with E-state index < -0.39 is 25.2 Å². The van der Waals surface area contributed by atoms with Crippen LogP contribution in [0.25, 0.3) is 10.9 Å². The molecule has 3 heterocycles. The van der Waals surface area contributed by atoms with Crippen LogP contribution in [0.1, 0.15) is 62.9 Å². The first kappa shape index (κ1) is 13.8. The molecule has 0 spiro atoms. The summed E-state index contributed by atoms with van der Waals surface area (Å²) in [5, 5.41) is 5.28. The molecule has 6 heteroatoms. The number of aryl methyl sites for hydroxylation is 1. The predicted octanol–water partition coefficient (Wildman–Crippen LogP) is 3.34. The smallest absolute Gasteiger partial charge is 0.399 e. The number of aromatic nitrogens is 2. The number of nitrogens with zero attached hydrogens (tertiary/aromatic N) is 2. The van der Waals surface area contributed by atoms with Crippen molar-refractivity contribution in [2.24, 2.45) is 0 Å². The van der Waals surface area contributed by atoms with Crippen LogP contribution in [0, 0.1) is 6.85 Å². The zero-order valence-electron chi connectivity index (χ0n) is 18.3. The lowest BCUT2D eigenvalue weighted by atomic mass is 9.74. The Morgan fingerprint density at radius 3 is 2.60 bits per heavy atom. The van der Waals surface area contributed by atoms with Gasteiger partial charge in [0, 0.05) is 16.1 Å². The van der Waals surface area contributed by atoms with Crippen LogP contribution in [0.5, 0.6) is 0 Å². The summed E-state index contributed by atoms with van der Waals surface area (Å²) in [6.07, 6.45) is 4.62. The summed E-state index contributed by atoms with van der Waals surface area (Å²) in [6.45, 7) is 6.27. The van der Waals surface area contributed by atoms with Crippen LogP contribution < -0.4 is 5.46 Å². The van der Waals surface area contributed by atoms with Gasteiger partial charge in [-0.3, -0.25) is 0 Å². The molecule has 0 bridgehead atoms. The minimum Gasteiger partial charge on any atom is -0.399 e. The molecule has 2 saturated heterocycles. The average Bonchev–Trinajstić information content (AvgIpc) is 3.12. The Hall–Kier alpha value is -1.37. The Morgan fingerprint density at radius 2 is 1.96 bits per heavy atom. The highest BCUT2D eigenvalue weighted by molar-refractivity contribution is 6.65. The van der Waals surface area contributed by atoms with Crippen molar-refractivity contribution in [3.63, 3.8) is 0 Å². The molecule has 5 nitrogen and oxygen atoms in total. The summed E-state index contributed by atoms with van der Waals surface area (Å²) in [6, 6.07) is 3.47. The zero-order chi connectivity index (χ0) is 20.3. The standard InChI is InChI=1S/C19H27BN2O3/c1-13-9-10-15-14(12-21-22(15)16-8-6-7-11-23-16)17(13)20-24-18(2,3)19(4,5)25-20/h9-10,12,16H,6-8,11H2,1-5H3/i1D3. The molecule has 2 aliphatic heterocycles. The largest absolute Gasteiger partial charge is 0.495 e. The number of benzene rings is 1. The molecule has 2 fully saturated rings. The van der Waals surface area contributed by atoms with Gasteiger partial charge in [0.1, 0.15) is 0 Å². The second-order valence-corrected chi connectivity index (χ2v) is 7.96. The highest BCUT2D eigenvalue weighted by Gasteiger charge is 2.52. The highest BCUT2D eigenvalue weighted by Crippen LogP contribution is 2.37. The third-order valence-corrected chi connectivity index (χ3v) is 5.74. The number of ether oxygens (including phenoxy) is 1. The Kier molecular flexibility index (Phi) is 3.21. The third kappa shape index (κ3) is 2.71. The molecule has 0 aliphatic carbocycles. The highest BCUT2D eigenvalue weighted by atomic mass is 16.7. The molecule has 1 atom stereocenters. The van der Waals surface area contributed by atoms with Crippen molar-refractivity contribution >= 4 is 23.5 Å². The van der Waals surface area contributed by atoms with Crippen LogP contribution in [0.3, 0.4) is 0 Å². The van der Waals surface area contributed by atoms with Gasteiger partial charge in [-0.1, -0.05) is 11.6 Å². The molecule has 2 aromatic rings. The maximum absolute atomic E-state index is 8.02. The molecular formula is C19H27BN2O3. The van der Waals surface area contributed by atoms with E-state index in [0.717, 1.165) is 30.2 Å². The zero-order valence-corrected chi connectivity index (χ0v) is 15.3. The Morgan fingerprint density at radius 1 is 1.20 bits per heavy atom. The van der Waals surface area contributed by atoms with Gasteiger partial charge < -0.3 is 14.0 Å². The van der Waals surface area contributed by atoms with Crippen LogP contribution in [0.15, 0.2) is 18.3 Å². The van der Waals surface area contributed by atoms with Gasteiger partial charge in [-0.2, -0.15) is 5.10 Å². The fraction of sp³-hybridized carbons (Fsp3) is 0.632. The van der Waals surface area contributed by atoms with Crippen molar-refractivity contribution in [1.29, 1.82) is 0 Å². The first-order chi connectivity index (χ1) is 13.0. The summed E-state index contributed by atoms with van der Waals surface area (Å²) in [4.78, 5) is 0. The van der Waals surface area contributed by atoms with Crippen molar-refractivity contribution in [2.45, 2.75) is 71.2 Å². The summed E-state index contributed by atoms with van der Waals surface area (Å²) < 4.78 is 44.2. The van der Waals surface area contributed by atoms with E-state index in [2.05, 4.69) is 5.10 Å². The van der Waals surface area contributed by atoms with Crippen molar-refractivity contribution < 1.29 is 18.2 Å². The topological polar surface area (TPSA) is 45.5 Å². The monoisotopic (exact) mass is 345 g/mol. The molecule has 4 rings (SSSR count). The number of hydrogen-bond acceptors (Lipinski definition) is 4. The van der Waals surface area contributed by atoms with E-state index in [1.807, 2.05) is 38.4 Å². The average molecular weight is 345 g/mol. The summed E-state index contributed by atoms with van der Waals surface area (Å²) in [5.41, 5.74) is 0.494. The maximum Gasteiger partial charge on any atom is 0.495 e. The summed E-state index contributed by atoms with van der Waals surface area (Å²) >= 11 is 0. The van der Waals surface area contributed by atoms with Gasteiger partial charge in [0.15, 0.2) is 6.23 Å². The van der Waals surface area contributed by atoms with E-state index in [1.165, 1.54) is 0 Å². The van der Waals surface area contributed by atoms with Crippen molar-refractivity contribution in [1.82, 2.24) is 9.78 Å². The molecule has 0 saturated carbocycles. The molecule has 25 heavy (non-hydrogen) atoms. The second-order valence-electron chi connectivity index (χ2n) is 7.96. The molecular weight excluding hydrogens is 315 g/mol. The summed E-state index contributed by atoms with van der Waals surface area (Å²) in [7, 11) is -0.769. The Bertz CT molecular complexity index is 872. The molecule has 0 N–H and O–H groups in total. The lowest BCUT2D eigenvalue weighted by Gasteiger charge is -2.32. The number of hydrogen-bond donors (Lipinski definition) is 0. The lowest BCUT2D eigenvalue weighted by Crippen LogP contribution is -2.41. The minimum atomic E-state index is -2.28. The van der Waals surface area contributed by atoms with Gasteiger partial charge >= 0.3 is 7.12 Å². The van der Waals surface area contributed by atoms with Crippen LogP contribution in [0.2, 0.25) is 0 Å². The van der Waals surface area contributed by atoms with E-state index in [0.29, 0.717) is 12.1 Å². The lowest BCUT2D eigenvalue weighted by molar-refractivity contribution is -0.0366. The fourth-order valence-electron chi connectivity index (χ4n) is 3.50. The van der Waals surface area contributed by atoms with E-state index in [1.54, 1.807) is 12.3 Å². The van der Waals surface area contributed by atoms with Gasteiger partial charge in [0.05, 0.1) is 22.9 Å². The van der Waals surface area contributed by atoms with E-state index in [4.69, 9.17) is 18.2 Å². The normalized spacial score (nSPS) is 27.9. The first-order valence-electron chi connectivity index (χ1n) is 10.5. The van der Waals surface area contributed by atoms with Crippen molar-refractivity contribution in [3.8, 4) is 0 Å². The quantitative estimate of drug-likeness (QED) is 0.783. The molecule has 2 aliphatic rings.